The van der Waals surface area contributed by atoms with Crippen LogP contribution in [0.5, 0.6) is 5.75 Å². The smallest absolute Gasteiger partial charge is 0.222 e. The molecule has 1 amide bonds. The number of hydrogen-bond acceptors (Lipinski definition) is 3. The van der Waals surface area contributed by atoms with Gasteiger partial charge in [0.05, 0.1) is 13.1 Å². The average molecular weight is 361 g/mol. The number of hydrogen-bond donors (Lipinski definition) is 3. The van der Waals surface area contributed by atoms with E-state index in [4.69, 9.17) is 4.74 Å². The summed E-state index contributed by atoms with van der Waals surface area (Å²) in [7, 11) is 0. The zero-order chi connectivity index (χ0) is 18.6. The van der Waals surface area contributed by atoms with E-state index in [-0.39, 0.29) is 5.91 Å². The fraction of sp³-hybridized carbons (Fsp3) is 0.600. The molecule has 1 fully saturated rings. The van der Waals surface area contributed by atoms with Crippen LogP contribution in [0.25, 0.3) is 0 Å². The Labute approximate surface area is 156 Å². The fourth-order valence-corrected chi connectivity index (χ4v) is 2.95. The van der Waals surface area contributed by atoms with Crippen LogP contribution in [-0.4, -0.2) is 44.1 Å². The third kappa shape index (κ3) is 7.76. The molecule has 0 radical (unpaired) electrons. The second-order valence-electron chi connectivity index (χ2n) is 6.65. The molecule has 1 aliphatic carbocycles. The van der Waals surface area contributed by atoms with E-state index in [1.165, 1.54) is 18.4 Å². The second-order valence-corrected chi connectivity index (χ2v) is 6.65. The van der Waals surface area contributed by atoms with Gasteiger partial charge >= 0.3 is 0 Å². The summed E-state index contributed by atoms with van der Waals surface area (Å²) in [6.07, 6.45) is 5.10. The van der Waals surface area contributed by atoms with E-state index < -0.39 is 0 Å². The van der Waals surface area contributed by atoms with Crippen molar-refractivity contribution < 1.29 is 9.53 Å². The predicted octanol–water partition coefficient (Wildman–Crippen LogP) is 2.38. The first-order valence-corrected chi connectivity index (χ1v) is 9.68. The topological polar surface area (TPSA) is 74.8 Å². The van der Waals surface area contributed by atoms with E-state index >= 15 is 0 Å². The quantitative estimate of drug-likeness (QED) is 0.359. The highest BCUT2D eigenvalue weighted by molar-refractivity contribution is 5.80. The lowest BCUT2D eigenvalue weighted by atomic mass is 10.2. The highest BCUT2D eigenvalue weighted by Gasteiger charge is 2.16. The monoisotopic (exact) mass is 360 g/mol. The summed E-state index contributed by atoms with van der Waals surface area (Å²) in [4.78, 5) is 16.4. The molecule has 144 valence electrons. The first-order chi connectivity index (χ1) is 12.7. The summed E-state index contributed by atoms with van der Waals surface area (Å²) in [6.45, 7) is 6.53. The second kappa shape index (κ2) is 11.4. The number of carbonyl (C=O) groups is 1. The summed E-state index contributed by atoms with van der Waals surface area (Å²) in [5, 5.41) is 9.51. The Balaban J connectivity index is 1.64. The summed E-state index contributed by atoms with van der Waals surface area (Å²) in [6, 6.07) is 8.38. The Morgan fingerprint density at radius 3 is 2.62 bits per heavy atom. The van der Waals surface area contributed by atoms with Crippen LogP contribution in [0.15, 0.2) is 29.3 Å². The van der Waals surface area contributed by atoms with Crippen LogP contribution >= 0.6 is 0 Å². The highest BCUT2D eigenvalue weighted by Crippen LogP contribution is 2.17. The van der Waals surface area contributed by atoms with Crippen molar-refractivity contribution in [3.8, 4) is 5.75 Å². The molecule has 0 spiro atoms. The summed E-state index contributed by atoms with van der Waals surface area (Å²) >= 11 is 0. The Kier molecular flexibility index (Phi) is 8.79. The molecule has 26 heavy (non-hydrogen) atoms. The molecule has 3 N–H and O–H groups in total. The molecular formula is C20H32N4O2. The Hall–Kier alpha value is -2.24. The third-order valence-electron chi connectivity index (χ3n) is 4.36. The van der Waals surface area contributed by atoms with Crippen molar-refractivity contribution in [3.63, 3.8) is 0 Å². The van der Waals surface area contributed by atoms with Crippen molar-refractivity contribution in [1.82, 2.24) is 16.0 Å². The van der Waals surface area contributed by atoms with Gasteiger partial charge in [-0.05, 0) is 38.8 Å². The molecule has 6 heteroatoms. The average Bonchev–Trinajstić information content (AvgIpc) is 3.13. The first-order valence-electron chi connectivity index (χ1n) is 9.68. The van der Waals surface area contributed by atoms with Crippen molar-refractivity contribution in [3.05, 3.63) is 29.8 Å². The van der Waals surface area contributed by atoms with Gasteiger partial charge in [-0.3, -0.25) is 9.79 Å². The number of nitrogens with zero attached hydrogens (tertiary/aromatic N) is 1. The van der Waals surface area contributed by atoms with Gasteiger partial charge in [0.15, 0.2) is 5.96 Å². The lowest BCUT2D eigenvalue weighted by molar-refractivity contribution is -0.121. The zero-order valence-corrected chi connectivity index (χ0v) is 16.0. The Morgan fingerprint density at radius 2 is 1.92 bits per heavy atom. The van der Waals surface area contributed by atoms with Gasteiger partial charge in [0.2, 0.25) is 5.91 Å². The van der Waals surface area contributed by atoms with E-state index in [1.807, 2.05) is 31.2 Å². The number of nitrogens with one attached hydrogen (secondary N) is 3. The molecule has 6 nitrogen and oxygen atoms in total. The van der Waals surface area contributed by atoms with Gasteiger partial charge < -0.3 is 20.7 Å². The Bertz CT molecular complexity index is 566. The molecule has 1 aliphatic rings. The number of guanidine groups is 1. The van der Waals surface area contributed by atoms with Crippen LogP contribution in [0.3, 0.4) is 0 Å². The SMILES string of the molecule is CCNC(=NCCC(=O)NC1CCCC1)NCCOc1ccc(C)cc1. The van der Waals surface area contributed by atoms with Crippen molar-refractivity contribution in [2.75, 3.05) is 26.2 Å². The maximum absolute atomic E-state index is 11.9. The molecule has 1 saturated carbocycles. The van der Waals surface area contributed by atoms with E-state index in [0.717, 1.165) is 25.1 Å². The number of amides is 1. The molecule has 0 aliphatic heterocycles. The van der Waals surface area contributed by atoms with Crippen molar-refractivity contribution in [2.45, 2.75) is 52.0 Å². The van der Waals surface area contributed by atoms with E-state index in [0.29, 0.717) is 38.1 Å². The molecule has 0 heterocycles. The fourth-order valence-electron chi connectivity index (χ4n) is 2.95. The normalized spacial score (nSPS) is 14.9. The number of carbonyl (C=O) groups excluding carboxylic acids is 1. The lowest BCUT2D eigenvalue weighted by Gasteiger charge is -2.13. The van der Waals surface area contributed by atoms with E-state index in [9.17, 15) is 4.79 Å². The van der Waals surface area contributed by atoms with Gasteiger partial charge in [-0.2, -0.15) is 0 Å². The summed E-state index contributed by atoms with van der Waals surface area (Å²) in [5.41, 5.74) is 1.22. The first kappa shape index (κ1) is 20.1. The standard InChI is InChI=1S/C20H32N4O2/c1-3-21-20(22-13-12-19(25)24-17-6-4-5-7-17)23-14-15-26-18-10-8-16(2)9-11-18/h8-11,17H,3-7,12-15H2,1-2H3,(H,24,25)(H2,21,22,23). The predicted molar refractivity (Wildman–Crippen MR) is 106 cm³/mol. The maximum atomic E-state index is 11.9. The van der Waals surface area contributed by atoms with Crippen molar-refractivity contribution in [2.24, 2.45) is 4.99 Å². The number of aliphatic imine (C=N–C) groups is 1. The lowest BCUT2D eigenvalue weighted by Crippen LogP contribution is -2.39. The van der Waals surface area contributed by atoms with Gasteiger partial charge in [0, 0.05) is 19.0 Å². The summed E-state index contributed by atoms with van der Waals surface area (Å²) in [5.74, 6) is 1.68. The number of ether oxygens (including phenoxy) is 1. The minimum Gasteiger partial charge on any atom is -0.492 e. The molecular weight excluding hydrogens is 328 g/mol. The number of aryl methyl sites for hydroxylation is 1. The van der Waals surface area contributed by atoms with Crippen LogP contribution in [0.2, 0.25) is 0 Å². The van der Waals surface area contributed by atoms with Crippen LogP contribution in [0.4, 0.5) is 0 Å². The maximum Gasteiger partial charge on any atom is 0.222 e. The Morgan fingerprint density at radius 1 is 1.19 bits per heavy atom. The number of benzene rings is 1. The van der Waals surface area contributed by atoms with Gasteiger partial charge in [0.25, 0.3) is 0 Å². The van der Waals surface area contributed by atoms with Crippen LogP contribution in [0.1, 0.15) is 44.6 Å². The molecule has 0 unspecified atom stereocenters. The van der Waals surface area contributed by atoms with Gasteiger partial charge in [-0.15, -0.1) is 0 Å². The molecule has 1 aromatic carbocycles. The van der Waals surface area contributed by atoms with Gasteiger partial charge in [-0.1, -0.05) is 30.5 Å². The largest absolute Gasteiger partial charge is 0.492 e. The molecule has 2 rings (SSSR count). The third-order valence-corrected chi connectivity index (χ3v) is 4.36. The minimum absolute atomic E-state index is 0.0965. The van der Waals surface area contributed by atoms with E-state index in [2.05, 4.69) is 27.9 Å². The highest BCUT2D eigenvalue weighted by atomic mass is 16.5. The van der Waals surface area contributed by atoms with Crippen LogP contribution in [0, 0.1) is 6.92 Å². The minimum atomic E-state index is 0.0965. The molecule has 0 saturated heterocycles. The molecule has 0 bridgehead atoms. The molecule has 1 aromatic rings. The van der Waals surface area contributed by atoms with Crippen molar-refractivity contribution in [1.29, 1.82) is 0 Å². The van der Waals surface area contributed by atoms with Gasteiger partial charge in [0.1, 0.15) is 12.4 Å². The van der Waals surface area contributed by atoms with E-state index in [1.54, 1.807) is 0 Å². The van der Waals surface area contributed by atoms with Crippen LogP contribution in [-0.2, 0) is 4.79 Å². The zero-order valence-electron chi connectivity index (χ0n) is 16.0. The van der Waals surface area contributed by atoms with Crippen LogP contribution < -0.4 is 20.7 Å². The number of rotatable bonds is 9. The summed E-state index contributed by atoms with van der Waals surface area (Å²) < 4.78 is 5.70. The molecule has 0 aromatic heterocycles. The van der Waals surface area contributed by atoms with Crippen molar-refractivity contribution >= 4 is 11.9 Å². The molecule has 0 atom stereocenters. The van der Waals surface area contributed by atoms with Gasteiger partial charge in [-0.25, -0.2) is 0 Å².